The molecule has 2 aromatic rings. The molecule has 1 heterocycles. The van der Waals surface area contributed by atoms with E-state index in [0.29, 0.717) is 29.6 Å². The Labute approximate surface area is 181 Å². The highest BCUT2D eigenvalue weighted by molar-refractivity contribution is 6.34. The molecule has 1 aromatic heterocycles. The molecule has 9 nitrogen and oxygen atoms in total. The van der Waals surface area contributed by atoms with Gasteiger partial charge in [0.25, 0.3) is 0 Å². The third-order valence-electron chi connectivity index (χ3n) is 5.52. The lowest BCUT2D eigenvalue weighted by atomic mass is 9.83. The Morgan fingerprint density at radius 1 is 1.27 bits per heavy atom. The maximum Gasteiger partial charge on any atom is 0.332 e. The van der Waals surface area contributed by atoms with Crippen LogP contribution < -0.4 is 21.7 Å². The van der Waals surface area contributed by atoms with Gasteiger partial charge in [-0.25, -0.2) is 4.98 Å². The molecule has 0 amide bonds. The molecule has 3 rings (SSSR count). The van der Waals surface area contributed by atoms with Gasteiger partial charge in [-0.3, -0.25) is 10.1 Å². The Morgan fingerprint density at radius 2 is 1.97 bits per heavy atom. The first kappa shape index (κ1) is 22.0. The Morgan fingerprint density at radius 3 is 2.60 bits per heavy atom. The smallest absolute Gasteiger partial charge is 0.332 e. The Bertz CT molecular complexity index is 914. The number of halogens is 1. The molecule has 0 radical (unpaired) electrons. The van der Waals surface area contributed by atoms with Crippen LogP contribution in [0.2, 0.25) is 5.02 Å². The molecule has 1 aliphatic rings. The quantitative estimate of drug-likeness (QED) is 0.446. The number of anilines is 3. The first-order valence-electron chi connectivity index (χ1n) is 10.0. The number of hydrogen-bond acceptors (Lipinski definition) is 8. The molecule has 1 aromatic carbocycles. The second-order valence-electron chi connectivity index (χ2n) is 7.97. The summed E-state index contributed by atoms with van der Waals surface area (Å²) in [5.74, 6) is 0.428. The van der Waals surface area contributed by atoms with Gasteiger partial charge in [0.15, 0.2) is 0 Å². The van der Waals surface area contributed by atoms with Gasteiger partial charge in [-0.15, -0.1) is 0 Å². The van der Waals surface area contributed by atoms with Crippen LogP contribution in [-0.4, -0.2) is 35.0 Å². The number of rotatable bonds is 7. The van der Waals surface area contributed by atoms with Crippen molar-refractivity contribution in [2.24, 2.45) is 11.7 Å². The lowest BCUT2D eigenvalue weighted by molar-refractivity contribution is -0.385. The SMILES string of the molecule is CN(C)c1cccc(CNc2nc(N)c([N+](=O)[O-])c(CC3CCC(N)CC3)n2)c1Cl. The zero-order chi connectivity index (χ0) is 21.8. The van der Waals surface area contributed by atoms with Gasteiger partial charge in [-0.1, -0.05) is 23.7 Å². The van der Waals surface area contributed by atoms with Crippen LogP contribution in [0, 0.1) is 16.0 Å². The number of nitrogens with two attached hydrogens (primary N) is 2. The first-order valence-corrected chi connectivity index (χ1v) is 10.4. The molecule has 1 saturated carbocycles. The fourth-order valence-corrected chi connectivity index (χ4v) is 4.19. The fraction of sp³-hybridized carbons (Fsp3) is 0.500. The van der Waals surface area contributed by atoms with Crippen molar-refractivity contribution >= 4 is 34.7 Å². The third kappa shape index (κ3) is 5.09. The number of nitrogens with one attached hydrogen (secondary N) is 1. The van der Waals surface area contributed by atoms with Crippen molar-refractivity contribution in [3.05, 3.63) is 44.6 Å². The summed E-state index contributed by atoms with van der Waals surface area (Å²) in [5.41, 5.74) is 13.8. The van der Waals surface area contributed by atoms with Crippen molar-refractivity contribution in [2.45, 2.75) is 44.7 Å². The molecular weight excluding hydrogens is 406 g/mol. The van der Waals surface area contributed by atoms with Crippen molar-refractivity contribution in [1.29, 1.82) is 0 Å². The topological polar surface area (TPSA) is 136 Å². The van der Waals surface area contributed by atoms with Gasteiger partial charge in [-0.2, -0.15) is 4.98 Å². The second kappa shape index (κ2) is 9.44. The lowest BCUT2D eigenvalue weighted by Crippen LogP contribution is -2.27. The molecule has 0 bridgehead atoms. The second-order valence-corrected chi connectivity index (χ2v) is 8.35. The van der Waals surface area contributed by atoms with E-state index in [1.165, 1.54) is 0 Å². The van der Waals surface area contributed by atoms with Gasteiger partial charge >= 0.3 is 5.69 Å². The van der Waals surface area contributed by atoms with E-state index in [1.807, 2.05) is 37.2 Å². The largest absolute Gasteiger partial charge is 0.378 e. The minimum Gasteiger partial charge on any atom is -0.378 e. The minimum absolute atomic E-state index is 0.131. The van der Waals surface area contributed by atoms with Crippen molar-refractivity contribution in [2.75, 3.05) is 30.0 Å². The summed E-state index contributed by atoms with van der Waals surface area (Å²) in [4.78, 5) is 21.5. The maximum atomic E-state index is 11.6. The minimum atomic E-state index is -0.500. The van der Waals surface area contributed by atoms with E-state index >= 15 is 0 Å². The van der Waals surface area contributed by atoms with E-state index < -0.39 is 4.92 Å². The third-order valence-corrected chi connectivity index (χ3v) is 5.95. The van der Waals surface area contributed by atoms with E-state index in [4.69, 9.17) is 23.1 Å². The summed E-state index contributed by atoms with van der Waals surface area (Å²) >= 11 is 6.49. The molecule has 0 atom stereocenters. The monoisotopic (exact) mass is 433 g/mol. The van der Waals surface area contributed by atoms with Crippen LogP contribution >= 0.6 is 11.6 Å². The van der Waals surface area contributed by atoms with Crippen LogP contribution in [0.15, 0.2) is 18.2 Å². The van der Waals surface area contributed by atoms with Gasteiger partial charge < -0.3 is 21.7 Å². The van der Waals surface area contributed by atoms with E-state index in [9.17, 15) is 10.1 Å². The standard InChI is InChI=1S/C20H28ClN7O2/c1-27(2)16-5-3-4-13(17(16)21)11-24-20-25-15(18(28(29)30)19(23)26-20)10-12-6-8-14(22)9-7-12/h3-5,12,14H,6-11,22H2,1-2H3,(H3,23,24,25,26). The lowest BCUT2D eigenvalue weighted by Gasteiger charge is -2.25. The van der Waals surface area contributed by atoms with Crippen LogP contribution in [0.25, 0.3) is 0 Å². The van der Waals surface area contributed by atoms with Crippen molar-refractivity contribution in [1.82, 2.24) is 9.97 Å². The molecular formula is C20H28ClN7O2. The van der Waals surface area contributed by atoms with Crippen LogP contribution in [-0.2, 0) is 13.0 Å². The zero-order valence-electron chi connectivity index (χ0n) is 17.3. The Balaban J connectivity index is 1.81. The fourth-order valence-electron chi connectivity index (χ4n) is 3.83. The summed E-state index contributed by atoms with van der Waals surface area (Å²) in [5, 5.41) is 15.3. The maximum absolute atomic E-state index is 11.6. The number of benzene rings is 1. The average molecular weight is 434 g/mol. The molecule has 0 unspecified atom stereocenters. The van der Waals surface area contributed by atoms with Gasteiger partial charge in [-0.05, 0) is 49.7 Å². The van der Waals surface area contributed by atoms with Crippen molar-refractivity contribution in [3.63, 3.8) is 0 Å². The number of aromatic nitrogens is 2. The Hall–Kier alpha value is -2.65. The summed E-state index contributed by atoms with van der Waals surface area (Å²) < 4.78 is 0. The molecule has 30 heavy (non-hydrogen) atoms. The van der Waals surface area contributed by atoms with Crippen LogP contribution in [0.5, 0.6) is 0 Å². The first-order chi connectivity index (χ1) is 14.3. The summed E-state index contributed by atoms with van der Waals surface area (Å²) in [7, 11) is 3.84. The van der Waals surface area contributed by atoms with Crippen LogP contribution in [0.3, 0.4) is 0 Å². The van der Waals surface area contributed by atoms with E-state index in [1.54, 1.807) is 0 Å². The van der Waals surface area contributed by atoms with Crippen LogP contribution in [0.4, 0.5) is 23.1 Å². The molecule has 1 fully saturated rings. The predicted octanol–water partition coefficient (Wildman–Crippen LogP) is 3.36. The highest BCUT2D eigenvalue weighted by Crippen LogP contribution is 2.32. The van der Waals surface area contributed by atoms with E-state index in [2.05, 4.69) is 15.3 Å². The Kier molecular flexibility index (Phi) is 6.94. The highest BCUT2D eigenvalue weighted by atomic mass is 35.5. The van der Waals surface area contributed by atoms with Crippen molar-refractivity contribution in [3.8, 4) is 0 Å². The summed E-state index contributed by atoms with van der Waals surface area (Å²) in [6.45, 7) is 0.371. The molecule has 5 N–H and O–H groups in total. The van der Waals surface area contributed by atoms with Gasteiger partial charge in [0.1, 0.15) is 5.69 Å². The predicted molar refractivity (Wildman–Crippen MR) is 120 cm³/mol. The van der Waals surface area contributed by atoms with Gasteiger partial charge in [0.2, 0.25) is 11.8 Å². The molecule has 0 saturated heterocycles. The number of hydrogen-bond donors (Lipinski definition) is 3. The normalized spacial score (nSPS) is 18.8. The molecule has 162 valence electrons. The molecule has 0 spiro atoms. The number of nitro groups is 1. The summed E-state index contributed by atoms with van der Waals surface area (Å²) in [6, 6.07) is 5.97. The number of nitrogens with zero attached hydrogens (tertiary/aromatic N) is 4. The van der Waals surface area contributed by atoms with Gasteiger partial charge in [0.05, 0.1) is 15.6 Å². The molecule has 10 heteroatoms. The van der Waals surface area contributed by atoms with E-state index in [-0.39, 0.29) is 23.5 Å². The van der Waals surface area contributed by atoms with Crippen molar-refractivity contribution < 1.29 is 4.92 Å². The zero-order valence-corrected chi connectivity index (χ0v) is 18.0. The van der Waals surface area contributed by atoms with Crippen LogP contribution in [0.1, 0.15) is 36.9 Å². The molecule has 0 aliphatic heterocycles. The molecule has 1 aliphatic carbocycles. The highest BCUT2D eigenvalue weighted by Gasteiger charge is 2.27. The van der Waals surface area contributed by atoms with Gasteiger partial charge in [0, 0.05) is 26.7 Å². The van der Waals surface area contributed by atoms with E-state index in [0.717, 1.165) is 36.9 Å². The average Bonchev–Trinajstić information content (AvgIpc) is 2.68. The number of nitrogen functional groups attached to an aromatic ring is 1. The summed E-state index contributed by atoms with van der Waals surface area (Å²) in [6.07, 6.45) is 4.19.